The van der Waals surface area contributed by atoms with Gasteiger partial charge in [-0.05, 0) is 45.9 Å². The number of aryl methyl sites for hydroxylation is 1. The minimum Gasteiger partial charge on any atom is -0.347 e. The van der Waals surface area contributed by atoms with Crippen molar-refractivity contribution < 1.29 is 4.79 Å². The average Bonchev–Trinajstić information content (AvgIpc) is 2.99. The second kappa shape index (κ2) is 5.65. The summed E-state index contributed by atoms with van der Waals surface area (Å²) in [5.41, 5.74) is 1.43. The van der Waals surface area contributed by atoms with Crippen LogP contribution < -0.4 is 5.32 Å². The predicted octanol–water partition coefficient (Wildman–Crippen LogP) is 4.58. The van der Waals surface area contributed by atoms with Gasteiger partial charge in [-0.25, -0.2) is 4.68 Å². The largest absolute Gasteiger partial charge is 0.347 e. The van der Waals surface area contributed by atoms with Crippen LogP contribution in [-0.2, 0) is 0 Å². The van der Waals surface area contributed by atoms with Crippen molar-refractivity contribution in [1.29, 1.82) is 0 Å². The zero-order valence-corrected chi connectivity index (χ0v) is 15.0. The molecular weight excluding hydrogens is 330 g/mol. The summed E-state index contributed by atoms with van der Waals surface area (Å²) >= 11 is 7.72. The van der Waals surface area contributed by atoms with E-state index in [0.717, 1.165) is 21.6 Å². The molecule has 3 rings (SSSR count). The van der Waals surface area contributed by atoms with Gasteiger partial charge in [0.2, 0.25) is 0 Å². The zero-order chi connectivity index (χ0) is 16.8. The highest BCUT2D eigenvalue weighted by Crippen LogP contribution is 2.32. The molecule has 0 aliphatic heterocycles. The molecule has 2 aromatic heterocycles. The van der Waals surface area contributed by atoms with Crippen LogP contribution in [0.3, 0.4) is 0 Å². The normalized spacial score (nSPS) is 11.9. The fourth-order valence-electron chi connectivity index (χ4n) is 2.35. The third-order valence-electron chi connectivity index (χ3n) is 3.34. The van der Waals surface area contributed by atoms with Crippen molar-refractivity contribution in [1.82, 2.24) is 15.1 Å². The molecule has 1 N–H and O–H groups in total. The zero-order valence-electron chi connectivity index (χ0n) is 13.5. The molecule has 0 aliphatic carbocycles. The lowest BCUT2D eigenvalue weighted by molar-refractivity contribution is 0.0924. The number of amides is 1. The number of fused-ring (bicyclic) bond motifs is 1. The maximum Gasteiger partial charge on any atom is 0.261 e. The molecule has 0 unspecified atom stereocenters. The van der Waals surface area contributed by atoms with Crippen molar-refractivity contribution in [2.75, 3.05) is 0 Å². The van der Waals surface area contributed by atoms with Crippen molar-refractivity contribution in [3.05, 3.63) is 45.9 Å². The number of carbonyl (C=O) groups excluding carboxylic acids is 1. The van der Waals surface area contributed by atoms with Gasteiger partial charge in [-0.2, -0.15) is 5.10 Å². The summed E-state index contributed by atoms with van der Waals surface area (Å²) in [5, 5.41) is 9.17. The quantitative estimate of drug-likeness (QED) is 0.737. The topological polar surface area (TPSA) is 46.9 Å². The van der Waals surface area contributed by atoms with Gasteiger partial charge in [0.15, 0.2) is 0 Å². The molecule has 4 nitrogen and oxygen atoms in total. The highest BCUT2D eigenvalue weighted by molar-refractivity contribution is 7.20. The van der Waals surface area contributed by atoms with Gasteiger partial charge in [-0.3, -0.25) is 4.79 Å². The lowest BCUT2D eigenvalue weighted by Gasteiger charge is -2.19. The molecule has 0 spiro atoms. The van der Waals surface area contributed by atoms with Crippen LogP contribution in [0.15, 0.2) is 30.3 Å². The Bertz CT molecular complexity index is 889. The summed E-state index contributed by atoms with van der Waals surface area (Å²) in [6, 6.07) is 9.46. The number of aromatic nitrogens is 2. The third-order valence-corrected chi connectivity index (χ3v) is 4.77. The second-order valence-corrected chi connectivity index (χ2v) is 7.92. The van der Waals surface area contributed by atoms with Crippen molar-refractivity contribution in [3.63, 3.8) is 0 Å². The van der Waals surface area contributed by atoms with E-state index in [4.69, 9.17) is 11.6 Å². The molecule has 120 valence electrons. The first-order valence-electron chi connectivity index (χ1n) is 7.33. The predicted molar refractivity (Wildman–Crippen MR) is 95.9 cm³/mol. The maximum atomic E-state index is 12.4. The number of hydrogen-bond donors (Lipinski definition) is 1. The van der Waals surface area contributed by atoms with E-state index < -0.39 is 0 Å². The summed E-state index contributed by atoms with van der Waals surface area (Å²) in [6.07, 6.45) is 0. The first kappa shape index (κ1) is 16.0. The molecule has 0 aliphatic rings. The van der Waals surface area contributed by atoms with E-state index >= 15 is 0 Å². The van der Waals surface area contributed by atoms with Crippen LogP contribution in [0.25, 0.3) is 15.9 Å². The van der Waals surface area contributed by atoms with Gasteiger partial charge in [0.25, 0.3) is 5.91 Å². The van der Waals surface area contributed by atoms with Crippen LogP contribution in [-0.4, -0.2) is 21.2 Å². The van der Waals surface area contributed by atoms with Crippen molar-refractivity contribution in [3.8, 4) is 5.69 Å². The number of hydrogen-bond acceptors (Lipinski definition) is 3. The van der Waals surface area contributed by atoms with Gasteiger partial charge >= 0.3 is 0 Å². The first-order chi connectivity index (χ1) is 10.8. The third kappa shape index (κ3) is 3.12. The van der Waals surface area contributed by atoms with Crippen molar-refractivity contribution in [2.45, 2.75) is 33.2 Å². The fraction of sp³-hybridized carbons (Fsp3) is 0.294. The molecule has 1 aromatic carbocycles. The summed E-state index contributed by atoms with van der Waals surface area (Å²) in [7, 11) is 0. The summed E-state index contributed by atoms with van der Waals surface area (Å²) in [5.74, 6) is -0.0659. The SMILES string of the molecule is Cc1nn(-c2ccccc2Cl)c2sc(C(=O)NC(C)(C)C)cc12. The molecule has 2 heterocycles. The van der Waals surface area contributed by atoms with Crippen LogP contribution in [0.2, 0.25) is 5.02 Å². The van der Waals surface area contributed by atoms with Gasteiger partial charge in [-0.15, -0.1) is 11.3 Å². The molecule has 0 bridgehead atoms. The summed E-state index contributed by atoms with van der Waals surface area (Å²) in [4.78, 5) is 14.0. The summed E-state index contributed by atoms with van der Waals surface area (Å²) < 4.78 is 1.81. The maximum absolute atomic E-state index is 12.4. The van der Waals surface area contributed by atoms with E-state index in [1.807, 2.05) is 62.7 Å². The number of rotatable bonds is 2. The van der Waals surface area contributed by atoms with Crippen LogP contribution in [0.1, 0.15) is 36.1 Å². The Morgan fingerprint density at radius 1 is 1.30 bits per heavy atom. The Morgan fingerprint density at radius 3 is 2.65 bits per heavy atom. The minimum atomic E-state index is -0.267. The van der Waals surface area contributed by atoms with Crippen LogP contribution in [0.4, 0.5) is 0 Å². The lowest BCUT2D eigenvalue weighted by atomic mass is 10.1. The Morgan fingerprint density at radius 2 is 2.00 bits per heavy atom. The molecule has 3 aromatic rings. The van der Waals surface area contributed by atoms with E-state index in [2.05, 4.69) is 10.4 Å². The Kier molecular flexibility index (Phi) is 3.94. The molecule has 0 atom stereocenters. The summed E-state index contributed by atoms with van der Waals surface area (Å²) in [6.45, 7) is 7.84. The highest BCUT2D eigenvalue weighted by atomic mass is 35.5. The number of halogens is 1. The van der Waals surface area contributed by atoms with Crippen molar-refractivity contribution >= 4 is 39.1 Å². The number of carbonyl (C=O) groups is 1. The Hall–Kier alpha value is -1.85. The van der Waals surface area contributed by atoms with Gasteiger partial charge in [-0.1, -0.05) is 23.7 Å². The second-order valence-electron chi connectivity index (χ2n) is 6.48. The molecule has 1 amide bonds. The van der Waals surface area contributed by atoms with Crippen molar-refractivity contribution in [2.24, 2.45) is 0 Å². The number of benzene rings is 1. The van der Waals surface area contributed by atoms with Crippen LogP contribution in [0, 0.1) is 6.92 Å². The fourth-order valence-corrected chi connectivity index (χ4v) is 3.63. The standard InChI is InChI=1S/C17H18ClN3OS/c1-10-11-9-14(15(22)19-17(2,3)4)23-16(11)21(20-10)13-8-6-5-7-12(13)18/h5-9H,1-4H3,(H,19,22). The molecule has 0 fully saturated rings. The first-order valence-corrected chi connectivity index (χ1v) is 8.52. The Labute approximate surface area is 144 Å². The van der Waals surface area contributed by atoms with Crippen LogP contribution >= 0.6 is 22.9 Å². The molecule has 0 radical (unpaired) electrons. The molecule has 6 heteroatoms. The van der Waals surface area contributed by atoms with E-state index in [1.165, 1.54) is 11.3 Å². The number of nitrogens with zero attached hydrogens (tertiary/aromatic N) is 2. The van der Waals surface area contributed by atoms with E-state index in [9.17, 15) is 4.79 Å². The smallest absolute Gasteiger partial charge is 0.261 e. The monoisotopic (exact) mass is 347 g/mol. The number of nitrogens with one attached hydrogen (secondary N) is 1. The van der Waals surface area contributed by atoms with Gasteiger partial charge in [0.1, 0.15) is 4.83 Å². The van der Waals surface area contributed by atoms with Gasteiger partial charge in [0.05, 0.1) is 21.3 Å². The number of para-hydroxylation sites is 1. The minimum absolute atomic E-state index is 0.0659. The Balaban J connectivity index is 2.09. The average molecular weight is 348 g/mol. The van der Waals surface area contributed by atoms with Gasteiger partial charge in [0, 0.05) is 10.9 Å². The molecule has 0 saturated carbocycles. The molecule has 0 saturated heterocycles. The highest BCUT2D eigenvalue weighted by Gasteiger charge is 2.21. The lowest BCUT2D eigenvalue weighted by Crippen LogP contribution is -2.40. The van der Waals surface area contributed by atoms with Gasteiger partial charge < -0.3 is 5.32 Å². The van der Waals surface area contributed by atoms with Crippen LogP contribution in [0.5, 0.6) is 0 Å². The van der Waals surface area contributed by atoms with E-state index in [1.54, 1.807) is 0 Å². The van der Waals surface area contributed by atoms with E-state index in [0.29, 0.717) is 9.90 Å². The number of thiophene rings is 1. The molecular formula is C17H18ClN3OS. The molecule has 23 heavy (non-hydrogen) atoms. The van der Waals surface area contributed by atoms with E-state index in [-0.39, 0.29) is 11.4 Å².